The van der Waals surface area contributed by atoms with Crippen LogP contribution in [0.5, 0.6) is 11.5 Å². The van der Waals surface area contributed by atoms with Crippen molar-refractivity contribution >= 4 is 16.6 Å². The van der Waals surface area contributed by atoms with E-state index in [4.69, 9.17) is 14.2 Å². The molecular weight excluding hydrogens is 268 g/mol. The number of rotatable bonds is 5. The van der Waals surface area contributed by atoms with Crippen LogP contribution in [-0.4, -0.2) is 37.5 Å². The zero-order chi connectivity index (χ0) is 14.7. The van der Waals surface area contributed by atoms with E-state index in [0.29, 0.717) is 26.4 Å². The molecule has 5 nitrogen and oxygen atoms in total. The summed E-state index contributed by atoms with van der Waals surface area (Å²) in [6.45, 7) is 6.65. The third-order valence-electron chi connectivity index (χ3n) is 3.44. The van der Waals surface area contributed by atoms with E-state index in [-0.39, 0.29) is 6.10 Å². The number of hydrogen-bond acceptors (Lipinski definition) is 5. The maximum absolute atomic E-state index is 5.65. The summed E-state index contributed by atoms with van der Waals surface area (Å²) in [4.78, 5) is 4.42. The van der Waals surface area contributed by atoms with Crippen LogP contribution < -0.4 is 14.8 Å². The number of nitrogens with zero attached hydrogens (tertiary/aromatic N) is 1. The van der Waals surface area contributed by atoms with Crippen molar-refractivity contribution in [3.05, 3.63) is 24.4 Å². The van der Waals surface area contributed by atoms with Crippen molar-refractivity contribution < 1.29 is 14.2 Å². The van der Waals surface area contributed by atoms with Gasteiger partial charge in [0.2, 0.25) is 0 Å². The van der Waals surface area contributed by atoms with Crippen molar-refractivity contribution in [3.63, 3.8) is 0 Å². The average Bonchev–Trinajstić information content (AvgIpc) is 2.51. The summed E-state index contributed by atoms with van der Waals surface area (Å²) in [7, 11) is 0. The zero-order valence-corrected chi connectivity index (χ0v) is 12.4. The van der Waals surface area contributed by atoms with Crippen LogP contribution in [0, 0.1) is 0 Å². The van der Waals surface area contributed by atoms with Crippen LogP contribution in [-0.2, 0) is 4.74 Å². The van der Waals surface area contributed by atoms with E-state index in [9.17, 15) is 0 Å². The van der Waals surface area contributed by atoms with Gasteiger partial charge >= 0.3 is 0 Å². The number of anilines is 1. The molecule has 1 aromatic carbocycles. The van der Waals surface area contributed by atoms with Crippen molar-refractivity contribution in [1.29, 1.82) is 0 Å². The molecule has 0 spiro atoms. The average molecular weight is 288 g/mol. The minimum absolute atomic E-state index is 0.143. The fraction of sp³-hybridized carbons (Fsp3) is 0.438. The Hall–Kier alpha value is -2.01. The Morgan fingerprint density at radius 3 is 2.81 bits per heavy atom. The number of fused-ring (bicyclic) bond motifs is 2. The van der Waals surface area contributed by atoms with Gasteiger partial charge in [0.25, 0.3) is 0 Å². The summed E-state index contributed by atoms with van der Waals surface area (Å²) >= 11 is 0. The van der Waals surface area contributed by atoms with Crippen LogP contribution in [0.3, 0.4) is 0 Å². The highest BCUT2D eigenvalue weighted by molar-refractivity contribution is 5.94. The molecule has 1 N–H and O–H groups in total. The first-order chi connectivity index (χ1) is 10.3. The topological polar surface area (TPSA) is 52.6 Å². The Balaban J connectivity index is 1.88. The molecule has 1 aromatic heterocycles. The van der Waals surface area contributed by atoms with Crippen LogP contribution >= 0.6 is 0 Å². The van der Waals surface area contributed by atoms with E-state index in [1.807, 2.05) is 32.0 Å². The Morgan fingerprint density at radius 2 is 2.05 bits per heavy atom. The Kier molecular flexibility index (Phi) is 4.10. The van der Waals surface area contributed by atoms with E-state index in [2.05, 4.69) is 10.3 Å². The van der Waals surface area contributed by atoms with E-state index in [1.54, 1.807) is 6.20 Å². The number of ether oxygens (including phenoxy) is 3. The highest BCUT2D eigenvalue weighted by atomic mass is 16.6. The van der Waals surface area contributed by atoms with Crippen LogP contribution in [0.25, 0.3) is 10.8 Å². The maximum Gasteiger partial charge on any atom is 0.162 e. The van der Waals surface area contributed by atoms with Gasteiger partial charge in [0, 0.05) is 24.7 Å². The molecule has 0 saturated heterocycles. The van der Waals surface area contributed by atoms with Crippen LogP contribution in [0.2, 0.25) is 0 Å². The molecule has 2 aromatic rings. The molecule has 1 aliphatic rings. The molecule has 0 radical (unpaired) electrons. The van der Waals surface area contributed by atoms with E-state index in [1.165, 1.54) is 0 Å². The molecule has 21 heavy (non-hydrogen) atoms. The number of benzene rings is 1. The second-order valence-corrected chi connectivity index (χ2v) is 5.02. The quantitative estimate of drug-likeness (QED) is 0.917. The van der Waals surface area contributed by atoms with Crippen LogP contribution in [0.1, 0.15) is 13.8 Å². The molecule has 3 rings (SSSR count). The summed E-state index contributed by atoms with van der Waals surface area (Å²) in [5.74, 6) is 2.42. The molecule has 112 valence electrons. The largest absolute Gasteiger partial charge is 0.486 e. The van der Waals surface area contributed by atoms with Gasteiger partial charge in [-0.15, -0.1) is 0 Å². The fourth-order valence-electron chi connectivity index (χ4n) is 2.43. The van der Waals surface area contributed by atoms with Crippen molar-refractivity contribution in [2.24, 2.45) is 0 Å². The summed E-state index contributed by atoms with van der Waals surface area (Å²) in [6, 6.07) is 5.97. The first-order valence-electron chi connectivity index (χ1n) is 7.31. The summed E-state index contributed by atoms with van der Waals surface area (Å²) < 4.78 is 16.8. The SMILES string of the molecule is CCOC(C)CNc1nccc2cc3c(cc12)OCCO3. The number of pyridine rings is 1. The Labute approximate surface area is 124 Å². The predicted molar refractivity (Wildman–Crippen MR) is 82.3 cm³/mol. The summed E-state index contributed by atoms with van der Waals surface area (Å²) in [5, 5.41) is 5.46. The van der Waals surface area contributed by atoms with Gasteiger partial charge in [0.15, 0.2) is 11.5 Å². The van der Waals surface area contributed by atoms with Gasteiger partial charge in [-0.2, -0.15) is 0 Å². The lowest BCUT2D eigenvalue weighted by Gasteiger charge is -2.20. The van der Waals surface area contributed by atoms with Gasteiger partial charge in [-0.05, 0) is 37.4 Å². The van der Waals surface area contributed by atoms with E-state index in [0.717, 1.165) is 28.1 Å². The monoisotopic (exact) mass is 288 g/mol. The molecule has 0 amide bonds. The molecule has 1 aliphatic heterocycles. The lowest BCUT2D eigenvalue weighted by molar-refractivity contribution is 0.0855. The third kappa shape index (κ3) is 3.03. The number of aromatic nitrogens is 1. The van der Waals surface area contributed by atoms with Crippen molar-refractivity contribution in [2.45, 2.75) is 20.0 Å². The van der Waals surface area contributed by atoms with Crippen LogP contribution in [0.4, 0.5) is 5.82 Å². The Bertz CT molecular complexity index is 630. The molecule has 0 saturated carbocycles. The lowest BCUT2D eigenvalue weighted by atomic mass is 10.1. The Morgan fingerprint density at radius 1 is 1.29 bits per heavy atom. The number of nitrogens with one attached hydrogen (secondary N) is 1. The highest BCUT2D eigenvalue weighted by Crippen LogP contribution is 2.36. The lowest BCUT2D eigenvalue weighted by Crippen LogP contribution is -2.20. The van der Waals surface area contributed by atoms with E-state index < -0.39 is 0 Å². The zero-order valence-electron chi connectivity index (χ0n) is 12.4. The molecule has 1 unspecified atom stereocenters. The maximum atomic E-state index is 5.65. The highest BCUT2D eigenvalue weighted by Gasteiger charge is 2.14. The summed E-state index contributed by atoms with van der Waals surface area (Å²) in [5.41, 5.74) is 0. The van der Waals surface area contributed by atoms with Gasteiger partial charge < -0.3 is 19.5 Å². The van der Waals surface area contributed by atoms with E-state index >= 15 is 0 Å². The molecule has 0 aliphatic carbocycles. The molecule has 1 atom stereocenters. The normalized spacial score (nSPS) is 15.0. The van der Waals surface area contributed by atoms with Crippen molar-refractivity contribution in [2.75, 3.05) is 31.7 Å². The van der Waals surface area contributed by atoms with Gasteiger partial charge in [0.1, 0.15) is 19.0 Å². The number of hydrogen-bond donors (Lipinski definition) is 1. The standard InChI is InChI=1S/C16H20N2O3/c1-3-19-11(2)10-18-16-13-9-15-14(20-6-7-21-15)8-12(13)4-5-17-16/h4-5,8-9,11H,3,6-7,10H2,1-2H3,(H,17,18). The van der Waals surface area contributed by atoms with Gasteiger partial charge in [0.05, 0.1) is 6.10 Å². The first kappa shape index (κ1) is 13.9. The second kappa shape index (κ2) is 6.18. The van der Waals surface area contributed by atoms with Crippen molar-refractivity contribution in [1.82, 2.24) is 4.98 Å². The third-order valence-corrected chi connectivity index (χ3v) is 3.44. The smallest absolute Gasteiger partial charge is 0.162 e. The minimum Gasteiger partial charge on any atom is -0.486 e. The molecule has 0 bridgehead atoms. The minimum atomic E-state index is 0.143. The van der Waals surface area contributed by atoms with Gasteiger partial charge in [-0.25, -0.2) is 4.98 Å². The molecule has 5 heteroatoms. The fourth-order valence-corrected chi connectivity index (χ4v) is 2.43. The van der Waals surface area contributed by atoms with Gasteiger partial charge in [-0.1, -0.05) is 0 Å². The molecular formula is C16H20N2O3. The summed E-state index contributed by atoms with van der Waals surface area (Å²) in [6.07, 6.45) is 1.94. The van der Waals surface area contributed by atoms with Crippen LogP contribution in [0.15, 0.2) is 24.4 Å². The molecule has 0 fully saturated rings. The van der Waals surface area contributed by atoms with Gasteiger partial charge in [-0.3, -0.25) is 0 Å². The van der Waals surface area contributed by atoms with Crippen molar-refractivity contribution in [3.8, 4) is 11.5 Å². The second-order valence-electron chi connectivity index (χ2n) is 5.02. The predicted octanol–water partition coefficient (Wildman–Crippen LogP) is 2.84. The first-order valence-corrected chi connectivity index (χ1v) is 7.31. The molecule has 2 heterocycles.